The van der Waals surface area contributed by atoms with Crippen LogP contribution in [0.2, 0.25) is 0 Å². The highest BCUT2D eigenvalue weighted by Crippen LogP contribution is 2.08. The van der Waals surface area contributed by atoms with Gasteiger partial charge in [0.15, 0.2) is 0 Å². The molecule has 0 radical (unpaired) electrons. The average Bonchev–Trinajstić information content (AvgIpc) is 2.61. The summed E-state index contributed by atoms with van der Waals surface area (Å²) in [5.74, 6) is 0.322. The molecule has 0 unspecified atom stereocenters. The Labute approximate surface area is 85.0 Å². The largest absolute Gasteiger partial charge is 0.343 e. The predicted octanol–water partition coefficient (Wildman–Crippen LogP) is -0.440. The fourth-order valence-corrected chi connectivity index (χ4v) is 1.94. The summed E-state index contributed by atoms with van der Waals surface area (Å²) < 4.78 is 0. The smallest absolute Gasteiger partial charge is 0.223 e. The van der Waals surface area contributed by atoms with Crippen molar-refractivity contribution in [2.45, 2.75) is 25.3 Å². The van der Waals surface area contributed by atoms with Crippen LogP contribution in [-0.4, -0.2) is 49.6 Å². The molecule has 2 N–H and O–H groups in total. The minimum Gasteiger partial charge on any atom is -0.343 e. The third-order valence-corrected chi connectivity index (χ3v) is 3.01. The second kappa shape index (κ2) is 4.75. The summed E-state index contributed by atoms with van der Waals surface area (Å²) in [5, 5.41) is 6.56. The van der Waals surface area contributed by atoms with Crippen LogP contribution in [0.1, 0.15) is 19.3 Å². The van der Waals surface area contributed by atoms with Crippen molar-refractivity contribution >= 4 is 5.91 Å². The first-order chi connectivity index (χ1) is 6.86. The number of rotatable bonds is 4. The maximum Gasteiger partial charge on any atom is 0.223 e. The molecule has 4 nitrogen and oxygen atoms in total. The lowest BCUT2D eigenvalue weighted by Gasteiger charge is -2.28. The first kappa shape index (κ1) is 9.93. The summed E-state index contributed by atoms with van der Waals surface area (Å²) in [5.41, 5.74) is 0. The maximum absolute atomic E-state index is 11.6. The topological polar surface area (TPSA) is 44.4 Å². The third-order valence-electron chi connectivity index (χ3n) is 3.01. The molecule has 2 rings (SSSR count). The number of carbonyl (C=O) groups is 1. The molecule has 1 amide bonds. The van der Waals surface area contributed by atoms with Crippen LogP contribution in [0.3, 0.4) is 0 Å². The molecule has 0 aromatic carbocycles. The van der Waals surface area contributed by atoms with E-state index in [0.717, 1.165) is 32.7 Å². The minimum absolute atomic E-state index is 0.322. The van der Waals surface area contributed by atoms with E-state index in [4.69, 9.17) is 0 Å². The lowest BCUT2D eigenvalue weighted by Crippen LogP contribution is -2.55. The Morgan fingerprint density at radius 2 is 2.07 bits per heavy atom. The molecule has 0 aromatic rings. The molecule has 0 bridgehead atoms. The zero-order valence-electron chi connectivity index (χ0n) is 8.59. The first-order valence-electron chi connectivity index (χ1n) is 5.58. The summed E-state index contributed by atoms with van der Waals surface area (Å²) in [6.07, 6.45) is 3.04. The van der Waals surface area contributed by atoms with E-state index in [1.54, 1.807) is 0 Å². The quantitative estimate of drug-likeness (QED) is 0.642. The number of hydrogen-bond acceptors (Lipinski definition) is 3. The van der Waals surface area contributed by atoms with E-state index in [2.05, 4.69) is 10.6 Å². The molecule has 2 fully saturated rings. The maximum atomic E-state index is 11.6. The summed E-state index contributed by atoms with van der Waals surface area (Å²) >= 11 is 0. The van der Waals surface area contributed by atoms with Crippen molar-refractivity contribution in [2.24, 2.45) is 0 Å². The van der Waals surface area contributed by atoms with Crippen LogP contribution in [0.4, 0.5) is 0 Å². The van der Waals surface area contributed by atoms with Gasteiger partial charge in [-0.05, 0) is 12.8 Å². The van der Waals surface area contributed by atoms with Crippen molar-refractivity contribution < 1.29 is 4.79 Å². The van der Waals surface area contributed by atoms with Crippen LogP contribution in [0.25, 0.3) is 0 Å². The predicted molar refractivity (Wildman–Crippen MR) is 55.1 cm³/mol. The fraction of sp³-hybridized carbons (Fsp3) is 0.900. The van der Waals surface area contributed by atoms with Gasteiger partial charge < -0.3 is 15.5 Å². The molecular formula is C10H19N3O. The average molecular weight is 197 g/mol. The summed E-state index contributed by atoms with van der Waals surface area (Å²) in [4.78, 5) is 13.6. The van der Waals surface area contributed by atoms with E-state index in [0.29, 0.717) is 18.4 Å². The van der Waals surface area contributed by atoms with Crippen molar-refractivity contribution in [3.05, 3.63) is 0 Å². The van der Waals surface area contributed by atoms with E-state index in [9.17, 15) is 4.79 Å². The van der Waals surface area contributed by atoms with E-state index in [-0.39, 0.29) is 0 Å². The second-order valence-corrected chi connectivity index (χ2v) is 4.15. The van der Waals surface area contributed by atoms with E-state index >= 15 is 0 Å². The molecule has 2 heterocycles. The van der Waals surface area contributed by atoms with Gasteiger partial charge in [-0.3, -0.25) is 4.79 Å². The Morgan fingerprint density at radius 3 is 2.64 bits per heavy atom. The summed E-state index contributed by atoms with van der Waals surface area (Å²) in [6, 6.07) is 0.598. The highest BCUT2D eigenvalue weighted by molar-refractivity contribution is 5.76. The van der Waals surface area contributed by atoms with Gasteiger partial charge in [-0.2, -0.15) is 0 Å². The normalized spacial score (nSPS) is 22.4. The van der Waals surface area contributed by atoms with Crippen LogP contribution in [-0.2, 0) is 4.79 Å². The molecule has 0 atom stereocenters. The summed E-state index contributed by atoms with van der Waals surface area (Å²) in [6.45, 7) is 4.89. The zero-order chi connectivity index (χ0) is 9.80. The van der Waals surface area contributed by atoms with Crippen molar-refractivity contribution in [3.63, 3.8) is 0 Å². The van der Waals surface area contributed by atoms with Gasteiger partial charge in [-0.15, -0.1) is 0 Å². The standard InChI is InChI=1S/C10H19N3O/c14-10(13-5-1-2-6-13)3-4-12-9-7-11-8-9/h9,11-12H,1-8H2. The molecule has 0 spiro atoms. The minimum atomic E-state index is 0.322. The molecule has 0 saturated carbocycles. The zero-order valence-corrected chi connectivity index (χ0v) is 8.59. The van der Waals surface area contributed by atoms with Crippen molar-refractivity contribution in [3.8, 4) is 0 Å². The van der Waals surface area contributed by atoms with Gasteiger partial charge in [0.1, 0.15) is 0 Å². The number of nitrogens with zero attached hydrogens (tertiary/aromatic N) is 1. The molecule has 2 aliphatic heterocycles. The molecule has 2 saturated heterocycles. The number of amides is 1. The summed E-state index contributed by atoms with van der Waals surface area (Å²) in [7, 11) is 0. The molecule has 80 valence electrons. The Balaban J connectivity index is 1.57. The van der Waals surface area contributed by atoms with Crippen LogP contribution >= 0.6 is 0 Å². The van der Waals surface area contributed by atoms with Crippen LogP contribution < -0.4 is 10.6 Å². The third kappa shape index (κ3) is 2.45. The van der Waals surface area contributed by atoms with Gasteiger partial charge in [0.2, 0.25) is 5.91 Å². The van der Waals surface area contributed by atoms with Crippen molar-refractivity contribution in [1.29, 1.82) is 0 Å². The molecule has 0 aromatic heterocycles. The first-order valence-corrected chi connectivity index (χ1v) is 5.58. The monoisotopic (exact) mass is 197 g/mol. The van der Waals surface area contributed by atoms with E-state index in [1.165, 1.54) is 12.8 Å². The lowest BCUT2D eigenvalue weighted by atomic mass is 10.2. The Bertz CT molecular complexity index is 198. The number of nitrogens with one attached hydrogen (secondary N) is 2. The van der Waals surface area contributed by atoms with Gasteiger partial charge in [0.25, 0.3) is 0 Å². The van der Waals surface area contributed by atoms with E-state index in [1.807, 2.05) is 4.90 Å². The lowest BCUT2D eigenvalue weighted by molar-refractivity contribution is -0.130. The second-order valence-electron chi connectivity index (χ2n) is 4.15. The molecule has 4 heteroatoms. The number of carbonyl (C=O) groups excluding carboxylic acids is 1. The highest BCUT2D eigenvalue weighted by atomic mass is 16.2. The van der Waals surface area contributed by atoms with Crippen LogP contribution in [0.15, 0.2) is 0 Å². The van der Waals surface area contributed by atoms with Crippen LogP contribution in [0, 0.1) is 0 Å². The van der Waals surface area contributed by atoms with Gasteiger partial charge in [0.05, 0.1) is 0 Å². The van der Waals surface area contributed by atoms with E-state index < -0.39 is 0 Å². The Kier molecular flexibility index (Phi) is 3.37. The SMILES string of the molecule is O=C(CCNC1CNC1)N1CCCC1. The molecule has 0 aliphatic carbocycles. The Morgan fingerprint density at radius 1 is 1.36 bits per heavy atom. The number of hydrogen-bond donors (Lipinski definition) is 2. The van der Waals surface area contributed by atoms with Crippen molar-refractivity contribution in [1.82, 2.24) is 15.5 Å². The molecular weight excluding hydrogens is 178 g/mol. The molecule has 2 aliphatic rings. The van der Waals surface area contributed by atoms with Crippen LogP contribution in [0.5, 0.6) is 0 Å². The van der Waals surface area contributed by atoms with Gasteiger partial charge in [-0.25, -0.2) is 0 Å². The molecule has 14 heavy (non-hydrogen) atoms. The highest BCUT2D eigenvalue weighted by Gasteiger charge is 2.19. The van der Waals surface area contributed by atoms with Gasteiger partial charge in [0, 0.05) is 45.2 Å². The Hall–Kier alpha value is -0.610. The van der Waals surface area contributed by atoms with Crippen molar-refractivity contribution in [2.75, 3.05) is 32.7 Å². The van der Waals surface area contributed by atoms with Gasteiger partial charge >= 0.3 is 0 Å². The number of likely N-dealkylation sites (tertiary alicyclic amines) is 1. The van der Waals surface area contributed by atoms with Gasteiger partial charge in [-0.1, -0.05) is 0 Å². The fourth-order valence-electron chi connectivity index (χ4n) is 1.94.